The van der Waals surface area contributed by atoms with Crippen LogP contribution < -0.4 is 10.0 Å². The number of piperidine rings is 3. The standard InChI is InChI=1S/C11H23N3O2S/c1-9(7-12-2)17(15,16)13-11-8-14-5-3-10(11)4-6-14/h9-13H,3-8H2,1-2H3. The highest BCUT2D eigenvalue weighted by atomic mass is 32.2. The summed E-state index contributed by atoms with van der Waals surface area (Å²) in [5, 5.41) is 2.54. The van der Waals surface area contributed by atoms with Gasteiger partial charge in [-0.15, -0.1) is 0 Å². The molecule has 3 saturated heterocycles. The maximum absolute atomic E-state index is 12.1. The van der Waals surface area contributed by atoms with Crippen molar-refractivity contribution in [1.29, 1.82) is 0 Å². The first-order chi connectivity index (χ1) is 8.03. The third-order valence-corrected chi connectivity index (χ3v) is 5.85. The second kappa shape index (κ2) is 5.22. The normalized spacial score (nSPS) is 34.8. The van der Waals surface area contributed by atoms with Gasteiger partial charge in [0.05, 0.1) is 5.25 Å². The van der Waals surface area contributed by atoms with E-state index in [0.717, 1.165) is 32.5 Å². The Kier molecular flexibility index (Phi) is 4.07. The van der Waals surface area contributed by atoms with Crippen LogP contribution in [0.2, 0.25) is 0 Å². The Morgan fingerprint density at radius 1 is 1.35 bits per heavy atom. The average Bonchev–Trinajstić information content (AvgIpc) is 2.30. The van der Waals surface area contributed by atoms with Gasteiger partial charge in [0.2, 0.25) is 10.0 Å². The summed E-state index contributed by atoms with van der Waals surface area (Å²) in [7, 11) is -1.41. The highest BCUT2D eigenvalue weighted by Crippen LogP contribution is 2.28. The van der Waals surface area contributed by atoms with Gasteiger partial charge in [-0.2, -0.15) is 0 Å². The number of nitrogens with zero attached hydrogens (tertiary/aromatic N) is 1. The van der Waals surface area contributed by atoms with Crippen LogP contribution in [0.15, 0.2) is 0 Å². The fourth-order valence-electron chi connectivity index (χ4n) is 2.82. The van der Waals surface area contributed by atoms with E-state index in [2.05, 4.69) is 14.9 Å². The number of sulfonamides is 1. The summed E-state index contributed by atoms with van der Waals surface area (Å²) < 4.78 is 27.1. The van der Waals surface area contributed by atoms with E-state index in [9.17, 15) is 8.42 Å². The molecule has 3 aliphatic rings. The molecule has 2 bridgehead atoms. The van der Waals surface area contributed by atoms with Crippen molar-refractivity contribution in [2.75, 3.05) is 33.2 Å². The summed E-state index contributed by atoms with van der Waals surface area (Å²) in [6, 6.07) is 0.127. The van der Waals surface area contributed by atoms with Crippen LogP contribution in [0.5, 0.6) is 0 Å². The van der Waals surface area contributed by atoms with E-state index in [0.29, 0.717) is 12.5 Å². The number of rotatable bonds is 5. The quantitative estimate of drug-likeness (QED) is 0.707. The van der Waals surface area contributed by atoms with E-state index < -0.39 is 10.0 Å². The van der Waals surface area contributed by atoms with Crippen molar-refractivity contribution in [3.63, 3.8) is 0 Å². The lowest BCUT2D eigenvalue weighted by Crippen LogP contribution is -2.58. The predicted molar refractivity (Wildman–Crippen MR) is 68.4 cm³/mol. The molecule has 0 amide bonds. The molecule has 2 N–H and O–H groups in total. The van der Waals surface area contributed by atoms with Crippen molar-refractivity contribution >= 4 is 10.0 Å². The maximum Gasteiger partial charge on any atom is 0.215 e. The lowest BCUT2D eigenvalue weighted by molar-refractivity contribution is 0.0826. The van der Waals surface area contributed by atoms with Crippen LogP contribution in [0.1, 0.15) is 19.8 Å². The molecule has 2 atom stereocenters. The van der Waals surface area contributed by atoms with Crippen molar-refractivity contribution in [2.45, 2.75) is 31.1 Å². The fraction of sp³-hybridized carbons (Fsp3) is 1.00. The zero-order valence-electron chi connectivity index (χ0n) is 10.6. The minimum absolute atomic E-state index is 0.127. The van der Waals surface area contributed by atoms with E-state index in [-0.39, 0.29) is 11.3 Å². The van der Waals surface area contributed by atoms with Gasteiger partial charge in [0.1, 0.15) is 0 Å². The molecule has 3 rings (SSSR count). The first-order valence-corrected chi connectivity index (χ1v) is 7.95. The number of fused-ring (bicyclic) bond motifs is 3. The zero-order chi connectivity index (χ0) is 12.5. The summed E-state index contributed by atoms with van der Waals surface area (Å²) >= 11 is 0. The molecule has 0 radical (unpaired) electrons. The van der Waals surface area contributed by atoms with E-state index in [4.69, 9.17) is 0 Å². The monoisotopic (exact) mass is 261 g/mol. The Balaban J connectivity index is 1.96. The fourth-order valence-corrected chi connectivity index (χ4v) is 4.13. The molecular formula is C11H23N3O2S. The van der Waals surface area contributed by atoms with Gasteiger partial charge in [-0.05, 0) is 45.8 Å². The second-order valence-electron chi connectivity index (χ2n) is 5.28. The molecule has 0 spiro atoms. The Bertz CT molecular complexity index is 350. The lowest BCUT2D eigenvalue weighted by atomic mass is 9.85. The summed E-state index contributed by atoms with van der Waals surface area (Å²) in [6.45, 7) is 5.40. The van der Waals surface area contributed by atoms with Crippen LogP contribution in [-0.2, 0) is 10.0 Å². The van der Waals surface area contributed by atoms with Gasteiger partial charge < -0.3 is 10.2 Å². The van der Waals surface area contributed by atoms with Gasteiger partial charge >= 0.3 is 0 Å². The van der Waals surface area contributed by atoms with Crippen LogP contribution in [0.25, 0.3) is 0 Å². The molecule has 6 heteroatoms. The SMILES string of the molecule is CNCC(C)S(=O)(=O)NC1CN2CCC1CC2. The first kappa shape index (κ1) is 13.3. The van der Waals surface area contributed by atoms with E-state index in [1.165, 1.54) is 0 Å². The van der Waals surface area contributed by atoms with Gasteiger partial charge in [-0.3, -0.25) is 0 Å². The zero-order valence-corrected chi connectivity index (χ0v) is 11.5. The molecule has 3 fully saturated rings. The van der Waals surface area contributed by atoms with Crippen molar-refractivity contribution < 1.29 is 8.42 Å². The molecule has 0 saturated carbocycles. The number of hydrogen-bond donors (Lipinski definition) is 2. The molecule has 100 valence electrons. The van der Waals surface area contributed by atoms with Crippen LogP contribution in [0, 0.1) is 5.92 Å². The smallest absolute Gasteiger partial charge is 0.215 e. The van der Waals surface area contributed by atoms with Gasteiger partial charge in [0.15, 0.2) is 0 Å². The third kappa shape index (κ3) is 2.99. The Morgan fingerprint density at radius 3 is 2.47 bits per heavy atom. The third-order valence-electron chi connectivity index (χ3n) is 3.99. The van der Waals surface area contributed by atoms with E-state index in [1.54, 1.807) is 14.0 Å². The molecular weight excluding hydrogens is 238 g/mol. The minimum Gasteiger partial charge on any atom is -0.318 e. The van der Waals surface area contributed by atoms with Gasteiger partial charge in [-0.1, -0.05) is 0 Å². The average molecular weight is 261 g/mol. The van der Waals surface area contributed by atoms with E-state index in [1.807, 2.05) is 0 Å². The van der Waals surface area contributed by atoms with Crippen LogP contribution >= 0.6 is 0 Å². The molecule has 3 aliphatic heterocycles. The van der Waals surface area contributed by atoms with Crippen molar-refractivity contribution in [1.82, 2.24) is 14.9 Å². The van der Waals surface area contributed by atoms with Gasteiger partial charge in [-0.25, -0.2) is 13.1 Å². The Morgan fingerprint density at radius 2 is 2.00 bits per heavy atom. The van der Waals surface area contributed by atoms with Crippen molar-refractivity contribution in [3.8, 4) is 0 Å². The topological polar surface area (TPSA) is 61.4 Å². The molecule has 0 aromatic heterocycles. The predicted octanol–water partition coefficient (Wildman–Crippen LogP) is -0.392. The van der Waals surface area contributed by atoms with Crippen LogP contribution in [0.3, 0.4) is 0 Å². The number of hydrogen-bond acceptors (Lipinski definition) is 4. The largest absolute Gasteiger partial charge is 0.318 e. The molecule has 3 heterocycles. The van der Waals surface area contributed by atoms with Crippen LogP contribution in [-0.4, -0.2) is 57.8 Å². The first-order valence-electron chi connectivity index (χ1n) is 6.41. The Labute approximate surface area is 104 Å². The molecule has 2 unspecified atom stereocenters. The molecule has 0 aliphatic carbocycles. The highest BCUT2D eigenvalue weighted by Gasteiger charge is 2.37. The maximum atomic E-state index is 12.1. The van der Waals surface area contributed by atoms with Gasteiger partial charge in [0, 0.05) is 19.1 Å². The molecule has 5 nitrogen and oxygen atoms in total. The molecule has 0 aromatic carbocycles. The van der Waals surface area contributed by atoms with Crippen molar-refractivity contribution in [2.24, 2.45) is 5.92 Å². The number of nitrogens with one attached hydrogen (secondary N) is 2. The highest BCUT2D eigenvalue weighted by molar-refractivity contribution is 7.90. The second-order valence-corrected chi connectivity index (χ2v) is 7.41. The molecule has 17 heavy (non-hydrogen) atoms. The summed E-state index contributed by atoms with van der Waals surface area (Å²) in [4.78, 5) is 2.36. The lowest BCUT2D eigenvalue weighted by Gasteiger charge is -2.45. The van der Waals surface area contributed by atoms with Crippen molar-refractivity contribution in [3.05, 3.63) is 0 Å². The Hall–Kier alpha value is -0.170. The summed E-state index contributed by atoms with van der Waals surface area (Å²) in [6.07, 6.45) is 2.27. The van der Waals surface area contributed by atoms with Gasteiger partial charge in [0.25, 0.3) is 0 Å². The van der Waals surface area contributed by atoms with Crippen LogP contribution in [0.4, 0.5) is 0 Å². The van der Waals surface area contributed by atoms with E-state index >= 15 is 0 Å². The summed E-state index contributed by atoms with van der Waals surface area (Å²) in [5.74, 6) is 0.538. The minimum atomic E-state index is -3.18. The summed E-state index contributed by atoms with van der Waals surface area (Å²) in [5.41, 5.74) is 0. The molecule has 0 aromatic rings.